The van der Waals surface area contributed by atoms with Crippen LogP contribution in [0.5, 0.6) is 0 Å². The zero-order valence-electron chi connectivity index (χ0n) is 8.50. The van der Waals surface area contributed by atoms with Crippen molar-refractivity contribution in [3.63, 3.8) is 0 Å². The largest absolute Gasteiger partial charge is 1.00 e. The molecule has 0 saturated heterocycles. The zero-order valence-corrected chi connectivity index (χ0v) is 12.4. The fourth-order valence-corrected chi connectivity index (χ4v) is 1.91. The molecule has 0 aliphatic heterocycles. The summed E-state index contributed by atoms with van der Waals surface area (Å²) in [7, 11) is 0. The molecule has 0 radical (unpaired) electrons. The van der Waals surface area contributed by atoms with E-state index in [1.807, 2.05) is 0 Å². The van der Waals surface area contributed by atoms with E-state index in [-0.39, 0.29) is 56.9 Å². The summed E-state index contributed by atoms with van der Waals surface area (Å²) in [5, 5.41) is 11.3. The Labute approximate surface area is 130 Å². The minimum absolute atomic E-state index is 0. The summed E-state index contributed by atoms with van der Waals surface area (Å²) in [6.07, 6.45) is 3.76. The van der Waals surface area contributed by atoms with Crippen LogP contribution in [0.2, 0.25) is 0 Å². The molecule has 0 aliphatic carbocycles. The minimum atomic E-state index is -1.13. The predicted octanol–water partition coefficient (Wildman–Crippen LogP) is -1.73. The van der Waals surface area contributed by atoms with Crippen molar-refractivity contribution in [2.75, 3.05) is 5.75 Å². The molecular formula is C9H12KNO2S. The average molecular weight is 237 g/mol. The topological polar surface area (TPSA) is 55.9 Å². The van der Waals surface area contributed by atoms with Crippen LogP contribution in [0.1, 0.15) is 30.1 Å². The van der Waals surface area contributed by atoms with Gasteiger partial charge in [0.25, 0.3) is 0 Å². The number of aromatic amines is 1. The van der Waals surface area contributed by atoms with Crippen LogP contribution >= 0.6 is 11.8 Å². The Bertz CT molecular complexity index is 288. The molecule has 0 atom stereocenters. The molecule has 0 amide bonds. The van der Waals surface area contributed by atoms with Gasteiger partial charge in [0, 0.05) is 11.8 Å². The smallest absolute Gasteiger partial charge is 0.545 e. The molecule has 0 aliphatic rings. The number of nitrogens with one attached hydrogen (secondary N) is 1. The molecular weight excluding hydrogens is 225 g/mol. The number of hydrogen-bond donors (Lipinski definition) is 1. The number of aromatic carboxylic acids is 1. The molecule has 1 rings (SSSR count). The number of carbonyl (C=O) groups excluding carboxylic acids is 1. The molecule has 3 nitrogen and oxygen atoms in total. The van der Waals surface area contributed by atoms with Gasteiger partial charge in [-0.3, -0.25) is 0 Å². The maximum Gasteiger partial charge on any atom is 1.00 e. The van der Waals surface area contributed by atoms with E-state index in [0.29, 0.717) is 0 Å². The molecule has 0 saturated carbocycles. The van der Waals surface area contributed by atoms with E-state index < -0.39 is 5.97 Å². The number of thioether (sulfide) groups is 1. The summed E-state index contributed by atoms with van der Waals surface area (Å²) in [6.45, 7) is 2.13. The average Bonchev–Trinajstić information content (AvgIpc) is 2.53. The molecule has 0 unspecified atom stereocenters. The number of rotatable bonds is 5. The third-order valence-electron chi connectivity index (χ3n) is 1.65. The first-order valence-electron chi connectivity index (χ1n) is 4.26. The fourth-order valence-electron chi connectivity index (χ4n) is 0.901. The van der Waals surface area contributed by atoms with Crippen molar-refractivity contribution in [1.29, 1.82) is 0 Å². The molecule has 1 aromatic heterocycles. The molecule has 72 valence electrons. The van der Waals surface area contributed by atoms with E-state index >= 15 is 0 Å². The SMILES string of the molecule is CCCCSc1cc(C(=O)[O-])c[nH]1.[K+]. The zero-order chi connectivity index (χ0) is 9.68. The number of hydrogen-bond acceptors (Lipinski definition) is 3. The van der Waals surface area contributed by atoms with Crippen molar-refractivity contribution in [3.8, 4) is 0 Å². The molecule has 1 N–H and O–H groups in total. The second kappa shape index (κ2) is 7.96. The fraction of sp³-hybridized carbons (Fsp3) is 0.444. The van der Waals surface area contributed by atoms with Crippen molar-refractivity contribution in [1.82, 2.24) is 4.98 Å². The summed E-state index contributed by atoms with van der Waals surface area (Å²) >= 11 is 1.64. The Hall–Kier alpha value is 0.736. The van der Waals surface area contributed by atoms with Crippen LogP contribution in [0.15, 0.2) is 17.3 Å². The number of unbranched alkanes of at least 4 members (excludes halogenated alkanes) is 1. The Balaban J connectivity index is 0.00000169. The van der Waals surface area contributed by atoms with Gasteiger partial charge in [-0.25, -0.2) is 0 Å². The summed E-state index contributed by atoms with van der Waals surface area (Å²) in [6, 6.07) is 1.61. The predicted molar refractivity (Wildman–Crippen MR) is 50.8 cm³/mol. The molecule has 1 aromatic rings. The van der Waals surface area contributed by atoms with E-state index in [1.54, 1.807) is 17.8 Å². The minimum Gasteiger partial charge on any atom is -0.545 e. The Morgan fingerprint density at radius 1 is 1.64 bits per heavy atom. The van der Waals surface area contributed by atoms with Gasteiger partial charge in [0.2, 0.25) is 0 Å². The first-order valence-corrected chi connectivity index (χ1v) is 5.25. The molecule has 1 heterocycles. The summed E-state index contributed by atoms with van der Waals surface area (Å²) in [4.78, 5) is 13.3. The van der Waals surface area contributed by atoms with E-state index in [2.05, 4.69) is 11.9 Å². The second-order valence-electron chi connectivity index (χ2n) is 2.74. The molecule has 0 spiro atoms. The summed E-state index contributed by atoms with van der Waals surface area (Å²) in [5.41, 5.74) is 0.221. The van der Waals surface area contributed by atoms with Crippen LogP contribution in [0.25, 0.3) is 0 Å². The third kappa shape index (κ3) is 5.00. The quantitative estimate of drug-likeness (QED) is 0.376. The van der Waals surface area contributed by atoms with Gasteiger partial charge < -0.3 is 14.9 Å². The van der Waals surface area contributed by atoms with Crippen molar-refractivity contribution in [3.05, 3.63) is 17.8 Å². The van der Waals surface area contributed by atoms with Gasteiger partial charge in [-0.2, -0.15) is 0 Å². The molecule has 5 heteroatoms. The molecule has 0 bridgehead atoms. The Morgan fingerprint density at radius 2 is 2.36 bits per heavy atom. The van der Waals surface area contributed by atoms with Gasteiger partial charge >= 0.3 is 51.4 Å². The first kappa shape index (κ1) is 14.7. The van der Waals surface area contributed by atoms with E-state index in [9.17, 15) is 9.90 Å². The number of carboxylic acids is 1. The van der Waals surface area contributed by atoms with Crippen LogP contribution in [-0.4, -0.2) is 16.7 Å². The van der Waals surface area contributed by atoms with Crippen LogP contribution in [-0.2, 0) is 0 Å². The molecule has 14 heavy (non-hydrogen) atoms. The van der Waals surface area contributed by atoms with Crippen LogP contribution < -0.4 is 56.5 Å². The van der Waals surface area contributed by atoms with Crippen molar-refractivity contribution < 1.29 is 61.3 Å². The van der Waals surface area contributed by atoms with Gasteiger partial charge in [0.05, 0.1) is 11.0 Å². The molecule has 0 fully saturated rings. The van der Waals surface area contributed by atoms with Crippen LogP contribution in [0.4, 0.5) is 0 Å². The second-order valence-corrected chi connectivity index (χ2v) is 3.88. The normalized spacial score (nSPS) is 9.50. The van der Waals surface area contributed by atoms with E-state index in [0.717, 1.165) is 23.6 Å². The summed E-state index contributed by atoms with van der Waals surface area (Å²) in [5.74, 6) is -0.109. The standard InChI is InChI=1S/C9H13NO2S.K/c1-2-3-4-13-8-5-7(6-10-8)9(11)12;/h5-6,10H,2-4H2,1H3,(H,11,12);/q;+1/p-1. The van der Waals surface area contributed by atoms with Gasteiger partial charge in [-0.05, 0) is 18.2 Å². The summed E-state index contributed by atoms with van der Waals surface area (Å²) < 4.78 is 0. The van der Waals surface area contributed by atoms with Gasteiger partial charge in [0.1, 0.15) is 0 Å². The number of carboxylic acid groups (broad SMARTS) is 1. The number of carbonyl (C=O) groups is 1. The van der Waals surface area contributed by atoms with E-state index in [4.69, 9.17) is 0 Å². The Kier molecular flexibility index (Phi) is 8.37. The maximum absolute atomic E-state index is 10.4. The number of aromatic nitrogens is 1. The van der Waals surface area contributed by atoms with Crippen LogP contribution in [0, 0.1) is 0 Å². The van der Waals surface area contributed by atoms with Gasteiger partial charge in [0.15, 0.2) is 0 Å². The van der Waals surface area contributed by atoms with Gasteiger partial charge in [-0.1, -0.05) is 13.3 Å². The Morgan fingerprint density at radius 3 is 2.86 bits per heavy atom. The van der Waals surface area contributed by atoms with Crippen molar-refractivity contribution in [2.45, 2.75) is 24.8 Å². The maximum atomic E-state index is 10.4. The van der Waals surface area contributed by atoms with Crippen molar-refractivity contribution in [2.24, 2.45) is 0 Å². The van der Waals surface area contributed by atoms with Gasteiger partial charge in [-0.15, -0.1) is 11.8 Å². The molecule has 0 aromatic carbocycles. The van der Waals surface area contributed by atoms with Crippen molar-refractivity contribution >= 4 is 17.7 Å². The first-order chi connectivity index (χ1) is 6.24. The third-order valence-corrected chi connectivity index (χ3v) is 2.69. The van der Waals surface area contributed by atoms with Crippen LogP contribution in [0.3, 0.4) is 0 Å². The number of H-pyrrole nitrogens is 1. The van der Waals surface area contributed by atoms with E-state index in [1.165, 1.54) is 6.20 Å². The monoisotopic (exact) mass is 237 g/mol.